The third-order valence-corrected chi connectivity index (χ3v) is 4.83. The molecule has 0 spiro atoms. The van der Waals surface area contributed by atoms with Crippen LogP contribution >= 0.6 is 0 Å². The number of para-hydroxylation sites is 1. The topological polar surface area (TPSA) is 68.5 Å². The minimum atomic E-state index is -0.554. The van der Waals surface area contributed by atoms with E-state index in [0.717, 1.165) is 11.8 Å². The predicted molar refractivity (Wildman–Crippen MR) is 96.6 cm³/mol. The van der Waals surface area contributed by atoms with E-state index >= 15 is 0 Å². The van der Waals surface area contributed by atoms with Gasteiger partial charge < -0.3 is 14.5 Å². The lowest BCUT2D eigenvalue weighted by Crippen LogP contribution is -2.16. The molecule has 0 aliphatic heterocycles. The quantitative estimate of drug-likeness (QED) is 0.757. The number of carbonyl (C=O) groups excluding carboxylic acids is 2. The second-order valence-electron chi connectivity index (χ2n) is 6.61. The zero-order valence-electron chi connectivity index (χ0n) is 14.7. The van der Waals surface area contributed by atoms with Gasteiger partial charge in [0.1, 0.15) is 11.3 Å². The summed E-state index contributed by atoms with van der Waals surface area (Å²) in [5.74, 6) is 0.0724. The molecule has 0 unspecified atom stereocenters. The van der Waals surface area contributed by atoms with Crippen LogP contribution in [0.15, 0.2) is 28.7 Å². The van der Waals surface area contributed by atoms with Crippen molar-refractivity contribution in [3.63, 3.8) is 0 Å². The maximum absolute atomic E-state index is 12.4. The number of benzene rings is 1. The fourth-order valence-corrected chi connectivity index (χ4v) is 3.52. The summed E-state index contributed by atoms with van der Waals surface area (Å²) in [7, 11) is 0. The maximum Gasteiger partial charge on any atom is 0.376 e. The average molecular weight is 343 g/mol. The molecule has 1 amide bonds. The van der Waals surface area contributed by atoms with Gasteiger partial charge in [0.25, 0.3) is 0 Å². The Morgan fingerprint density at radius 3 is 2.72 bits per heavy atom. The van der Waals surface area contributed by atoms with Crippen LogP contribution in [-0.2, 0) is 9.53 Å². The molecule has 5 nitrogen and oxygen atoms in total. The number of rotatable bonds is 6. The minimum absolute atomic E-state index is 0.0640. The fraction of sp³-hybridized carbons (Fsp3) is 0.500. The number of hydrogen-bond donors (Lipinski definition) is 1. The van der Waals surface area contributed by atoms with Gasteiger partial charge in [-0.1, -0.05) is 44.2 Å². The zero-order valence-corrected chi connectivity index (χ0v) is 14.7. The van der Waals surface area contributed by atoms with Crippen molar-refractivity contribution in [2.24, 2.45) is 5.92 Å². The number of amides is 1. The minimum Gasteiger partial charge on any atom is -0.460 e. The van der Waals surface area contributed by atoms with Gasteiger partial charge in [-0.3, -0.25) is 4.79 Å². The first kappa shape index (κ1) is 17.5. The Morgan fingerprint density at radius 1 is 1.20 bits per heavy atom. The van der Waals surface area contributed by atoms with E-state index in [2.05, 4.69) is 5.32 Å². The molecule has 1 aromatic carbocycles. The van der Waals surface area contributed by atoms with Gasteiger partial charge in [-0.2, -0.15) is 0 Å². The standard InChI is InChI=1S/C20H25NO4/c1-2-24-20(23)19-18(15-10-6-7-11-16(15)25-19)21-17(22)13-12-14-8-4-3-5-9-14/h6-7,10-11,14H,2-5,8-9,12-13H2,1H3,(H,21,22). The Hall–Kier alpha value is -2.30. The van der Waals surface area contributed by atoms with Crippen LogP contribution in [0.3, 0.4) is 0 Å². The van der Waals surface area contributed by atoms with Crippen molar-refractivity contribution in [1.82, 2.24) is 0 Å². The molecule has 25 heavy (non-hydrogen) atoms. The van der Waals surface area contributed by atoms with E-state index in [0.29, 0.717) is 23.6 Å². The van der Waals surface area contributed by atoms with Crippen molar-refractivity contribution in [3.05, 3.63) is 30.0 Å². The molecule has 1 aliphatic rings. The van der Waals surface area contributed by atoms with Gasteiger partial charge in [0.05, 0.1) is 6.61 Å². The number of hydrogen-bond acceptors (Lipinski definition) is 4. The Morgan fingerprint density at radius 2 is 1.96 bits per heavy atom. The van der Waals surface area contributed by atoms with Crippen LogP contribution in [0.1, 0.15) is 62.4 Å². The van der Waals surface area contributed by atoms with E-state index in [-0.39, 0.29) is 18.3 Å². The molecule has 0 bridgehead atoms. The molecule has 1 aliphatic carbocycles. The summed E-state index contributed by atoms with van der Waals surface area (Å²) >= 11 is 0. The third kappa shape index (κ3) is 4.21. The molecule has 1 saturated carbocycles. The average Bonchev–Trinajstić information content (AvgIpc) is 3.00. The van der Waals surface area contributed by atoms with E-state index in [1.165, 1.54) is 32.1 Å². The van der Waals surface area contributed by atoms with Crippen molar-refractivity contribution in [3.8, 4) is 0 Å². The zero-order chi connectivity index (χ0) is 17.6. The Bertz CT molecular complexity index is 743. The van der Waals surface area contributed by atoms with Crippen LogP contribution in [0.5, 0.6) is 0 Å². The Kier molecular flexibility index (Phi) is 5.74. The van der Waals surface area contributed by atoms with Crippen molar-refractivity contribution >= 4 is 28.5 Å². The molecule has 134 valence electrons. The van der Waals surface area contributed by atoms with Crippen LogP contribution in [0, 0.1) is 5.92 Å². The maximum atomic E-state index is 12.4. The van der Waals surface area contributed by atoms with Gasteiger partial charge in [-0.15, -0.1) is 0 Å². The van der Waals surface area contributed by atoms with Crippen LogP contribution in [0.25, 0.3) is 11.0 Å². The van der Waals surface area contributed by atoms with Crippen molar-refractivity contribution in [1.29, 1.82) is 0 Å². The number of anilines is 1. The summed E-state index contributed by atoms with van der Waals surface area (Å²) in [6, 6.07) is 7.29. The number of carbonyl (C=O) groups is 2. The molecule has 0 radical (unpaired) electrons. The second-order valence-corrected chi connectivity index (χ2v) is 6.61. The summed E-state index contributed by atoms with van der Waals surface area (Å²) in [5, 5.41) is 3.60. The first-order valence-electron chi connectivity index (χ1n) is 9.17. The molecular formula is C20H25NO4. The molecule has 1 fully saturated rings. The number of fused-ring (bicyclic) bond motifs is 1. The highest BCUT2D eigenvalue weighted by Gasteiger charge is 2.23. The molecule has 3 rings (SSSR count). The summed E-state index contributed by atoms with van der Waals surface area (Å²) < 4.78 is 10.7. The smallest absolute Gasteiger partial charge is 0.376 e. The van der Waals surface area contributed by atoms with E-state index in [1.54, 1.807) is 13.0 Å². The summed E-state index contributed by atoms with van der Waals surface area (Å²) in [5.41, 5.74) is 0.982. The molecular weight excluding hydrogens is 318 g/mol. The lowest BCUT2D eigenvalue weighted by atomic mass is 9.86. The fourth-order valence-electron chi connectivity index (χ4n) is 3.52. The van der Waals surface area contributed by atoms with Gasteiger partial charge >= 0.3 is 5.97 Å². The van der Waals surface area contributed by atoms with Gasteiger partial charge in [0, 0.05) is 11.8 Å². The summed E-state index contributed by atoms with van der Waals surface area (Å²) in [6.07, 6.45) is 7.65. The van der Waals surface area contributed by atoms with E-state index in [4.69, 9.17) is 9.15 Å². The summed E-state index contributed by atoms with van der Waals surface area (Å²) in [4.78, 5) is 24.6. The highest BCUT2D eigenvalue weighted by Crippen LogP contribution is 2.32. The number of nitrogens with one attached hydrogen (secondary N) is 1. The first-order chi connectivity index (χ1) is 12.2. The molecule has 1 aromatic heterocycles. The van der Waals surface area contributed by atoms with Gasteiger partial charge in [-0.05, 0) is 31.4 Å². The summed E-state index contributed by atoms with van der Waals surface area (Å²) in [6.45, 7) is 1.99. The SMILES string of the molecule is CCOC(=O)c1oc2ccccc2c1NC(=O)CCC1CCCCC1. The molecule has 5 heteroatoms. The third-order valence-electron chi connectivity index (χ3n) is 4.83. The van der Waals surface area contributed by atoms with Crippen LogP contribution < -0.4 is 5.32 Å². The molecule has 1 N–H and O–H groups in total. The van der Waals surface area contributed by atoms with Gasteiger partial charge in [0.15, 0.2) is 0 Å². The van der Waals surface area contributed by atoms with Crippen LogP contribution in [0.2, 0.25) is 0 Å². The lowest BCUT2D eigenvalue weighted by Gasteiger charge is -2.20. The van der Waals surface area contributed by atoms with Crippen LogP contribution in [0.4, 0.5) is 5.69 Å². The Balaban J connectivity index is 1.73. The molecule has 0 atom stereocenters. The second kappa shape index (κ2) is 8.19. The van der Waals surface area contributed by atoms with E-state index in [9.17, 15) is 9.59 Å². The van der Waals surface area contributed by atoms with Crippen molar-refractivity contribution in [2.45, 2.75) is 51.9 Å². The van der Waals surface area contributed by atoms with E-state index < -0.39 is 5.97 Å². The Labute approximate surface area is 147 Å². The molecule has 0 saturated heterocycles. The highest BCUT2D eigenvalue weighted by molar-refractivity contribution is 6.09. The predicted octanol–water partition coefficient (Wildman–Crippen LogP) is 4.91. The van der Waals surface area contributed by atoms with Crippen LogP contribution in [-0.4, -0.2) is 18.5 Å². The van der Waals surface area contributed by atoms with Gasteiger partial charge in [0.2, 0.25) is 11.7 Å². The van der Waals surface area contributed by atoms with Crippen molar-refractivity contribution in [2.75, 3.05) is 11.9 Å². The van der Waals surface area contributed by atoms with E-state index in [1.807, 2.05) is 18.2 Å². The first-order valence-corrected chi connectivity index (χ1v) is 9.17. The number of ether oxygens (including phenoxy) is 1. The highest BCUT2D eigenvalue weighted by atomic mass is 16.5. The van der Waals surface area contributed by atoms with Crippen molar-refractivity contribution < 1.29 is 18.7 Å². The monoisotopic (exact) mass is 343 g/mol. The lowest BCUT2D eigenvalue weighted by molar-refractivity contribution is -0.116. The molecule has 2 aromatic rings. The number of furan rings is 1. The largest absolute Gasteiger partial charge is 0.460 e. The van der Waals surface area contributed by atoms with Gasteiger partial charge in [-0.25, -0.2) is 4.79 Å². The molecule has 1 heterocycles. The normalized spacial score (nSPS) is 15.2. The number of esters is 1.